The molecule has 2 rings (SSSR count). The minimum Gasteiger partial charge on any atom is -0.341 e. The zero-order valence-electron chi connectivity index (χ0n) is 11.7. The Kier molecular flexibility index (Phi) is 4.53. The van der Waals surface area contributed by atoms with E-state index in [9.17, 15) is 0 Å². The molecule has 1 aliphatic rings. The van der Waals surface area contributed by atoms with Crippen LogP contribution in [0, 0.1) is 11.8 Å². The Hall–Kier alpha value is -1.16. The van der Waals surface area contributed by atoms with Gasteiger partial charge < -0.3 is 10.2 Å². The largest absolute Gasteiger partial charge is 0.341 e. The first-order chi connectivity index (χ1) is 8.70. The summed E-state index contributed by atoms with van der Waals surface area (Å²) in [6.45, 7) is 7.66. The molecule has 0 unspecified atom stereocenters. The second-order valence-electron chi connectivity index (χ2n) is 5.49. The van der Waals surface area contributed by atoms with E-state index >= 15 is 0 Å². The van der Waals surface area contributed by atoms with Gasteiger partial charge in [-0.15, -0.1) is 0 Å². The lowest BCUT2D eigenvalue weighted by Gasteiger charge is -2.33. The highest BCUT2D eigenvalue weighted by atomic mass is 15.2. The SMILES string of the molecule is CNCc1cnc(N2CCC(C(C)C)CC2)nc1. The zero-order valence-corrected chi connectivity index (χ0v) is 11.7. The van der Waals surface area contributed by atoms with E-state index in [0.29, 0.717) is 0 Å². The van der Waals surface area contributed by atoms with Gasteiger partial charge in [-0.05, 0) is 31.7 Å². The van der Waals surface area contributed by atoms with Crippen molar-refractivity contribution in [3.8, 4) is 0 Å². The quantitative estimate of drug-likeness (QED) is 0.885. The third-order valence-electron chi connectivity index (χ3n) is 3.84. The first-order valence-corrected chi connectivity index (χ1v) is 6.91. The molecule has 0 saturated carbocycles. The molecule has 0 aromatic carbocycles. The zero-order chi connectivity index (χ0) is 13.0. The standard InChI is InChI=1S/C14H24N4/c1-11(2)13-4-6-18(7-5-13)14-16-9-12(8-15-3)10-17-14/h9-11,13,15H,4-8H2,1-3H3. The molecule has 4 heteroatoms. The number of hydrogen-bond donors (Lipinski definition) is 1. The Labute approximate surface area is 110 Å². The fourth-order valence-corrected chi connectivity index (χ4v) is 2.57. The molecule has 1 saturated heterocycles. The molecule has 0 radical (unpaired) electrons. The lowest BCUT2D eigenvalue weighted by molar-refractivity contribution is 0.310. The molecule has 0 bridgehead atoms. The van der Waals surface area contributed by atoms with Crippen LogP contribution in [-0.2, 0) is 6.54 Å². The number of nitrogens with zero attached hydrogens (tertiary/aromatic N) is 3. The summed E-state index contributed by atoms with van der Waals surface area (Å²) in [7, 11) is 1.94. The minimum absolute atomic E-state index is 0.797. The predicted octanol–water partition coefficient (Wildman–Crippen LogP) is 2.07. The van der Waals surface area contributed by atoms with Crippen LogP contribution in [0.25, 0.3) is 0 Å². The number of nitrogens with one attached hydrogen (secondary N) is 1. The normalized spacial score (nSPS) is 17.4. The van der Waals surface area contributed by atoms with Gasteiger partial charge >= 0.3 is 0 Å². The van der Waals surface area contributed by atoms with E-state index in [-0.39, 0.29) is 0 Å². The van der Waals surface area contributed by atoms with E-state index in [1.807, 2.05) is 19.4 Å². The van der Waals surface area contributed by atoms with E-state index in [1.54, 1.807) is 0 Å². The second kappa shape index (κ2) is 6.14. The van der Waals surface area contributed by atoms with Gasteiger partial charge in [-0.1, -0.05) is 13.8 Å². The van der Waals surface area contributed by atoms with E-state index in [2.05, 4.69) is 34.0 Å². The maximum Gasteiger partial charge on any atom is 0.225 e. The Morgan fingerprint density at radius 1 is 1.28 bits per heavy atom. The molecule has 1 aromatic heterocycles. The van der Waals surface area contributed by atoms with Crippen LogP contribution in [0.4, 0.5) is 5.95 Å². The van der Waals surface area contributed by atoms with Gasteiger partial charge in [0.15, 0.2) is 0 Å². The third kappa shape index (κ3) is 3.19. The van der Waals surface area contributed by atoms with Gasteiger partial charge in [0.25, 0.3) is 0 Å². The predicted molar refractivity (Wildman–Crippen MR) is 74.6 cm³/mol. The summed E-state index contributed by atoms with van der Waals surface area (Å²) in [6.07, 6.45) is 6.37. The average Bonchev–Trinajstić information content (AvgIpc) is 2.40. The monoisotopic (exact) mass is 248 g/mol. The molecule has 0 amide bonds. The van der Waals surface area contributed by atoms with Gasteiger partial charge in [-0.2, -0.15) is 0 Å². The lowest BCUT2D eigenvalue weighted by Crippen LogP contribution is -2.36. The van der Waals surface area contributed by atoms with Crippen LogP contribution in [0.5, 0.6) is 0 Å². The Balaban J connectivity index is 1.93. The van der Waals surface area contributed by atoms with Crippen LogP contribution >= 0.6 is 0 Å². The second-order valence-corrected chi connectivity index (χ2v) is 5.49. The summed E-state index contributed by atoms with van der Waals surface area (Å²) in [5.41, 5.74) is 1.14. The van der Waals surface area contributed by atoms with Crippen molar-refractivity contribution < 1.29 is 0 Å². The lowest BCUT2D eigenvalue weighted by atomic mass is 9.87. The molecule has 0 atom stereocenters. The Morgan fingerprint density at radius 2 is 1.89 bits per heavy atom. The highest BCUT2D eigenvalue weighted by molar-refractivity contribution is 5.30. The average molecular weight is 248 g/mol. The van der Waals surface area contributed by atoms with Gasteiger partial charge in [-0.3, -0.25) is 0 Å². The van der Waals surface area contributed by atoms with Crippen molar-refractivity contribution in [2.45, 2.75) is 33.2 Å². The van der Waals surface area contributed by atoms with Crippen LogP contribution in [0.3, 0.4) is 0 Å². The molecule has 1 aromatic rings. The van der Waals surface area contributed by atoms with Crippen LogP contribution in [0.2, 0.25) is 0 Å². The maximum atomic E-state index is 4.47. The summed E-state index contributed by atoms with van der Waals surface area (Å²) in [4.78, 5) is 11.2. The number of rotatable bonds is 4. The summed E-state index contributed by atoms with van der Waals surface area (Å²) in [5.74, 6) is 2.55. The van der Waals surface area contributed by atoms with E-state index in [0.717, 1.165) is 43.0 Å². The van der Waals surface area contributed by atoms with Crippen molar-refractivity contribution in [1.82, 2.24) is 15.3 Å². The van der Waals surface area contributed by atoms with Gasteiger partial charge in [0.1, 0.15) is 0 Å². The number of hydrogen-bond acceptors (Lipinski definition) is 4. The van der Waals surface area contributed by atoms with Gasteiger partial charge in [0, 0.05) is 37.6 Å². The van der Waals surface area contributed by atoms with Crippen molar-refractivity contribution in [3.63, 3.8) is 0 Å². The summed E-state index contributed by atoms with van der Waals surface area (Å²) in [5, 5.41) is 3.11. The summed E-state index contributed by atoms with van der Waals surface area (Å²) < 4.78 is 0. The highest BCUT2D eigenvalue weighted by Gasteiger charge is 2.22. The van der Waals surface area contributed by atoms with Crippen LogP contribution in [0.1, 0.15) is 32.3 Å². The van der Waals surface area contributed by atoms with Crippen molar-refractivity contribution in [2.75, 3.05) is 25.0 Å². The van der Waals surface area contributed by atoms with Gasteiger partial charge in [0.05, 0.1) is 0 Å². The van der Waals surface area contributed by atoms with E-state index in [1.165, 1.54) is 12.8 Å². The topological polar surface area (TPSA) is 41.1 Å². The van der Waals surface area contributed by atoms with Gasteiger partial charge in [0.2, 0.25) is 5.95 Å². The third-order valence-corrected chi connectivity index (χ3v) is 3.84. The molecule has 2 heterocycles. The van der Waals surface area contributed by atoms with Crippen LogP contribution in [-0.4, -0.2) is 30.1 Å². The van der Waals surface area contributed by atoms with E-state index in [4.69, 9.17) is 0 Å². The molecule has 1 fully saturated rings. The smallest absolute Gasteiger partial charge is 0.225 e. The van der Waals surface area contributed by atoms with Crippen molar-refractivity contribution in [2.24, 2.45) is 11.8 Å². The molecule has 18 heavy (non-hydrogen) atoms. The summed E-state index contributed by atoms with van der Waals surface area (Å²) in [6, 6.07) is 0. The first-order valence-electron chi connectivity index (χ1n) is 6.91. The van der Waals surface area contributed by atoms with Crippen molar-refractivity contribution in [1.29, 1.82) is 0 Å². The van der Waals surface area contributed by atoms with Crippen molar-refractivity contribution >= 4 is 5.95 Å². The number of anilines is 1. The molecule has 1 aliphatic heterocycles. The first kappa shape index (κ1) is 13.3. The Morgan fingerprint density at radius 3 is 2.39 bits per heavy atom. The van der Waals surface area contributed by atoms with Crippen LogP contribution < -0.4 is 10.2 Å². The molecule has 0 spiro atoms. The summed E-state index contributed by atoms with van der Waals surface area (Å²) >= 11 is 0. The molecular weight excluding hydrogens is 224 g/mol. The van der Waals surface area contributed by atoms with E-state index < -0.39 is 0 Å². The molecule has 1 N–H and O–H groups in total. The van der Waals surface area contributed by atoms with Gasteiger partial charge in [-0.25, -0.2) is 9.97 Å². The highest BCUT2D eigenvalue weighted by Crippen LogP contribution is 2.25. The molecular formula is C14H24N4. The molecule has 0 aliphatic carbocycles. The van der Waals surface area contributed by atoms with Crippen molar-refractivity contribution in [3.05, 3.63) is 18.0 Å². The molecule has 100 valence electrons. The Bertz CT molecular complexity index is 353. The number of aromatic nitrogens is 2. The molecule has 4 nitrogen and oxygen atoms in total. The number of piperidine rings is 1. The fraction of sp³-hybridized carbons (Fsp3) is 0.714. The van der Waals surface area contributed by atoms with Crippen LogP contribution in [0.15, 0.2) is 12.4 Å². The fourth-order valence-electron chi connectivity index (χ4n) is 2.57. The maximum absolute atomic E-state index is 4.47. The minimum atomic E-state index is 0.797.